The molecule has 96 valence electrons. The van der Waals surface area contributed by atoms with Gasteiger partial charge < -0.3 is 10.1 Å². The van der Waals surface area contributed by atoms with Gasteiger partial charge in [-0.2, -0.15) is 20.1 Å². The summed E-state index contributed by atoms with van der Waals surface area (Å²) in [5, 5.41) is 7.20. The molecule has 18 heavy (non-hydrogen) atoms. The molecule has 0 unspecified atom stereocenters. The van der Waals surface area contributed by atoms with E-state index in [2.05, 4.69) is 25.4 Å². The van der Waals surface area contributed by atoms with Crippen LogP contribution in [0.2, 0.25) is 5.28 Å². The Morgan fingerprint density at radius 3 is 2.89 bits per heavy atom. The molecule has 0 bridgehead atoms. The van der Waals surface area contributed by atoms with Crippen molar-refractivity contribution in [3.8, 4) is 6.01 Å². The molecule has 2 heterocycles. The van der Waals surface area contributed by atoms with E-state index in [0.29, 0.717) is 19.1 Å². The molecule has 0 atom stereocenters. The lowest BCUT2D eigenvalue weighted by Gasteiger charge is -2.07. The van der Waals surface area contributed by atoms with Crippen LogP contribution in [0.1, 0.15) is 12.6 Å². The van der Waals surface area contributed by atoms with Gasteiger partial charge in [-0.3, -0.25) is 4.68 Å². The van der Waals surface area contributed by atoms with E-state index in [9.17, 15) is 0 Å². The molecule has 0 aliphatic carbocycles. The normalized spacial score (nSPS) is 10.4. The highest BCUT2D eigenvalue weighted by molar-refractivity contribution is 6.28. The highest BCUT2D eigenvalue weighted by atomic mass is 35.5. The van der Waals surface area contributed by atoms with Crippen molar-refractivity contribution < 1.29 is 4.74 Å². The van der Waals surface area contributed by atoms with Gasteiger partial charge in [-0.05, 0) is 24.6 Å². The summed E-state index contributed by atoms with van der Waals surface area (Å²) in [4.78, 5) is 11.9. The van der Waals surface area contributed by atoms with Crippen LogP contribution < -0.4 is 10.1 Å². The van der Waals surface area contributed by atoms with Crippen molar-refractivity contribution >= 4 is 17.5 Å². The van der Waals surface area contributed by atoms with Gasteiger partial charge in [0, 0.05) is 13.2 Å². The van der Waals surface area contributed by atoms with Crippen LogP contribution in [0.25, 0.3) is 0 Å². The number of hydrogen-bond donors (Lipinski definition) is 1. The molecule has 0 amide bonds. The smallest absolute Gasteiger partial charge is 0.322 e. The zero-order valence-corrected chi connectivity index (χ0v) is 10.8. The minimum atomic E-state index is 0.0981. The fourth-order valence-electron chi connectivity index (χ4n) is 1.35. The average Bonchev–Trinajstić information content (AvgIpc) is 2.72. The Labute approximate surface area is 109 Å². The van der Waals surface area contributed by atoms with Crippen molar-refractivity contribution in [2.45, 2.75) is 13.5 Å². The van der Waals surface area contributed by atoms with E-state index in [0.717, 1.165) is 5.69 Å². The number of halogens is 1. The number of anilines is 1. The van der Waals surface area contributed by atoms with E-state index in [4.69, 9.17) is 16.3 Å². The number of aryl methyl sites for hydroxylation is 1. The second-order valence-corrected chi connectivity index (χ2v) is 3.78. The Morgan fingerprint density at radius 2 is 2.22 bits per heavy atom. The van der Waals surface area contributed by atoms with Gasteiger partial charge >= 0.3 is 6.01 Å². The SMILES string of the molecule is CCOc1nc(Cl)nc(NCc2ccnn2C)n1. The summed E-state index contributed by atoms with van der Waals surface area (Å²) in [5.74, 6) is 0.375. The molecule has 2 rings (SSSR count). The molecule has 0 saturated carbocycles. The first-order valence-electron chi connectivity index (χ1n) is 5.44. The number of nitrogens with zero attached hydrogens (tertiary/aromatic N) is 5. The molecule has 0 aromatic carbocycles. The summed E-state index contributed by atoms with van der Waals surface area (Å²) in [5.41, 5.74) is 1.00. The summed E-state index contributed by atoms with van der Waals surface area (Å²) in [6.45, 7) is 2.87. The fourth-order valence-corrected chi connectivity index (χ4v) is 1.50. The second kappa shape index (κ2) is 5.63. The summed E-state index contributed by atoms with van der Waals surface area (Å²) in [6, 6.07) is 2.12. The van der Waals surface area contributed by atoms with Gasteiger partial charge in [-0.1, -0.05) is 0 Å². The van der Waals surface area contributed by atoms with Gasteiger partial charge in [0.15, 0.2) is 0 Å². The largest absolute Gasteiger partial charge is 0.464 e. The average molecular weight is 269 g/mol. The molecule has 0 saturated heterocycles. The van der Waals surface area contributed by atoms with E-state index in [-0.39, 0.29) is 11.3 Å². The summed E-state index contributed by atoms with van der Waals surface area (Å²) >= 11 is 5.78. The van der Waals surface area contributed by atoms with E-state index in [1.54, 1.807) is 10.9 Å². The maximum absolute atomic E-state index is 5.78. The van der Waals surface area contributed by atoms with Crippen molar-refractivity contribution in [1.29, 1.82) is 0 Å². The third-order valence-electron chi connectivity index (χ3n) is 2.21. The van der Waals surface area contributed by atoms with Crippen molar-refractivity contribution in [2.24, 2.45) is 7.05 Å². The van der Waals surface area contributed by atoms with E-state index in [1.807, 2.05) is 20.0 Å². The van der Waals surface area contributed by atoms with Gasteiger partial charge in [-0.25, -0.2) is 0 Å². The van der Waals surface area contributed by atoms with Crippen molar-refractivity contribution in [1.82, 2.24) is 24.7 Å². The molecule has 7 nitrogen and oxygen atoms in total. The molecule has 0 aliphatic rings. The molecule has 2 aromatic heterocycles. The predicted molar refractivity (Wildman–Crippen MR) is 66.5 cm³/mol. The molecule has 2 aromatic rings. The zero-order chi connectivity index (χ0) is 13.0. The third kappa shape index (κ3) is 3.07. The van der Waals surface area contributed by atoms with E-state index in [1.165, 1.54) is 0 Å². The van der Waals surface area contributed by atoms with Gasteiger partial charge in [0.2, 0.25) is 11.2 Å². The van der Waals surface area contributed by atoms with Crippen molar-refractivity contribution in [2.75, 3.05) is 11.9 Å². The number of nitrogens with one attached hydrogen (secondary N) is 1. The van der Waals surface area contributed by atoms with Gasteiger partial charge in [-0.15, -0.1) is 0 Å². The molecular formula is C10H13ClN6O. The topological polar surface area (TPSA) is 77.8 Å². The van der Waals surface area contributed by atoms with Crippen LogP contribution in [-0.2, 0) is 13.6 Å². The van der Waals surface area contributed by atoms with Crippen LogP contribution in [-0.4, -0.2) is 31.3 Å². The lowest BCUT2D eigenvalue weighted by atomic mass is 10.4. The Bertz CT molecular complexity index is 529. The molecule has 0 spiro atoms. The highest BCUT2D eigenvalue weighted by Crippen LogP contribution is 2.12. The van der Waals surface area contributed by atoms with Crippen molar-refractivity contribution in [3.05, 3.63) is 23.2 Å². The highest BCUT2D eigenvalue weighted by Gasteiger charge is 2.06. The number of ether oxygens (including phenoxy) is 1. The van der Waals surface area contributed by atoms with Crippen LogP contribution in [0, 0.1) is 0 Å². The Balaban J connectivity index is 2.07. The molecule has 0 aliphatic heterocycles. The summed E-state index contributed by atoms with van der Waals surface area (Å²) < 4.78 is 6.95. The first kappa shape index (κ1) is 12.6. The van der Waals surface area contributed by atoms with Crippen LogP contribution in [0.3, 0.4) is 0 Å². The van der Waals surface area contributed by atoms with Crippen LogP contribution in [0.5, 0.6) is 6.01 Å². The standard InChI is InChI=1S/C10H13ClN6O/c1-3-18-10-15-8(11)14-9(16-10)12-6-7-4-5-13-17(7)2/h4-5H,3,6H2,1-2H3,(H,12,14,15,16). The lowest BCUT2D eigenvalue weighted by Crippen LogP contribution is -2.09. The summed E-state index contributed by atoms with van der Waals surface area (Å²) in [7, 11) is 1.86. The monoisotopic (exact) mass is 268 g/mol. The van der Waals surface area contributed by atoms with E-state index < -0.39 is 0 Å². The first-order valence-corrected chi connectivity index (χ1v) is 5.82. The molecular weight excluding hydrogens is 256 g/mol. The maximum Gasteiger partial charge on any atom is 0.322 e. The van der Waals surface area contributed by atoms with Crippen LogP contribution >= 0.6 is 11.6 Å². The van der Waals surface area contributed by atoms with Crippen LogP contribution in [0.4, 0.5) is 5.95 Å². The van der Waals surface area contributed by atoms with E-state index >= 15 is 0 Å². The molecule has 0 radical (unpaired) electrons. The number of aromatic nitrogens is 5. The minimum Gasteiger partial charge on any atom is -0.464 e. The van der Waals surface area contributed by atoms with Gasteiger partial charge in [0.1, 0.15) is 0 Å². The molecule has 8 heteroatoms. The molecule has 0 fully saturated rings. The number of rotatable bonds is 5. The molecule has 1 N–H and O–H groups in total. The first-order chi connectivity index (χ1) is 8.69. The minimum absolute atomic E-state index is 0.0981. The Kier molecular flexibility index (Phi) is 3.93. The number of hydrogen-bond acceptors (Lipinski definition) is 6. The quantitative estimate of drug-likeness (QED) is 0.880. The second-order valence-electron chi connectivity index (χ2n) is 3.44. The third-order valence-corrected chi connectivity index (χ3v) is 2.38. The predicted octanol–water partition coefficient (Wildman–Crippen LogP) is 1.27. The summed E-state index contributed by atoms with van der Waals surface area (Å²) in [6.07, 6.45) is 1.73. The fraction of sp³-hybridized carbons (Fsp3) is 0.400. The Hall–Kier alpha value is -1.89. The lowest BCUT2D eigenvalue weighted by molar-refractivity contribution is 0.312. The van der Waals surface area contributed by atoms with Gasteiger partial charge in [0.25, 0.3) is 0 Å². The zero-order valence-electron chi connectivity index (χ0n) is 10.1. The van der Waals surface area contributed by atoms with Crippen LogP contribution in [0.15, 0.2) is 12.3 Å². The van der Waals surface area contributed by atoms with Crippen molar-refractivity contribution in [3.63, 3.8) is 0 Å². The maximum atomic E-state index is 5.78. The Morgan fingerprint density at radius 1 is 1.39 bits per heavy atom. The van der Waals surface area contributed by atoms with Gasteiger partial charge in [0.05, 0.1) is 18.8 Å².